The molecule has 6 aromatic rings. The number of carbonyl (C=O) groups is 3. The molecule has 68 heavy (non-hydrogen) atoms. The Balaban J connectivity index is 1.01. The predicted octanol–water partition coefficient (Wildman–Crippen LogP) is 8.71. The van der Waals surface area contributed by atoms with Gasteiger partial charge in [-0.15, -0.1) is 0 Å². The third kappa shape index (κ3) is 9.31. The summed E-state index contributed by atoms with van der Waals surface area (Å²) in [6, 6.07) is 30.9. The summed E-state index contributed by atoms with van der Waals surface area (Å²) in [4.78, 5) is 52.3. The maximum absolute atomic E-state index is 15.2. The number of rotatable bonds is 12. The molecule has 3 aliphatic rings. The number of amides is 3. The Kier molecular flexibility index (Phi) is 13.4. The minimum Gasteiger partial charge on any atom is -0.508 e. The number of phenols is 1. The maximum atomic E-state index is 15.2. The van der Waals surface area contributed by atoms with Crippen molar-refractivity contribution >= 4 is 29.1 Å². The minimum absolute atomic E-state index is 0.0306. The van der Waals surface area contributed by atoms with E-state index in [1.807, 2.05) is 84.8 Å². The highest BCUT2D eigenvalue weighted by atomic mass is 16.5. The van der Waals surface area contributed by atoms with Gasteiger partial charge < -0.3 is 33.5 Å². The van der Waals surface area contributed by atoms with Crippen LogP contribution in [0.4, 0.5) is 11.4 Å². The van der Waals surface area contributed by atoms with Crippen LogP contribution < -0.4 is 9.64 Å². The first-order valence-corrected chi connectivity index (χ1v) is 24.1. The molecule has 1 saturated heterocycles. The number of morpholine rings is 1. The van der Waals surface area contributed by atoms with Gasteiger partial charge in [-0.05, 0) is 135 Å². The van der Waals surface area contributed by atoms with Crippen LogP contribution in [0.3, 0.4) is 0 Å². The fourth-order valence-electron chi connectivity index (χ4n) is 10.3. The molecule has 1 N–H and O–H groups in total. The van der Waals surface area contributed by atoms with E-state index < -0.39 is 0 Å². The largest absolute Gasteiger partial charge is 0.508 e. The summed E-state index contributed by atoms with van der Waals surface area (Å²) in [7, 11) is 3.96. The van der Waals surface area contributed by atoms with Gasteiger partial charge in [0.05, 0.1) is 30.4 Å². The van der Waals surface area contributed by atoms with Crippen LogP contribution in [0.25, 0.3) is 11.3 Å². The molecule has 1 fully saturated rings. The van der Waals surface area contributed by atoms with Crippen molar-refractivity contribution in [1.82, 2.24) is 23.8 Å². The second-order valence-corrected chi connectivity index (χ2v) is 18.9. The van der Waals surface area contributed by atoms with Crippen LogP contribution in [0, 0.1) is 13.8 Å². The summed E-state index contributed by atoms with van der Waals surface area (Å²) in [5.41, 5.74) is 12.1. The fourth-order valence-corrected chi connectivity index (χ4v) is 10.3. The topological polar surface area (TPSA) is 113 Å². The van der Waals surface area contributed by atoms with E-state index in [1.54, 1.807) is 29.2 Å². The van der Waals surface area contributed by atoms with Crippen LogP contribution in [0.15, 0.2) is 97.1 Å². The van der Waals surface area contributed by atoms with E-state index in [0.29, 0.717) is 49.5 Å². The van der Waals surface area contributed by atoms with E-state index in [9.17, 15) is 9.90 Å². The van der Waals surface area contributed by atoms with Crippen molar-refractivity contribution in [2.24, 2.45) is 14.1 Å². The maximum Gasteiger partial charge on any atom is 0.264 e. The molecule has 12 heteroatoms. The van der Waals surface area contributed by atoms with Crippen molar-refractivity contribution in [3.63, 3.8) is 0 Å². The molecule has 354 valence electrons. The number of hydrogen-bond acceptors (Lipinski definition) is 7. The van der Waals surface area contributed by atoms with Gasteiger partial charge in [0.2, 0.25) is 5.91 Å². The lowest BCUT2D eigenvalue weighted by Crippen LogP contribution is -2.43. The Labute approximate surface area is 400 Å². The Morgan fingerprint density at radius 1 is 0.809 bits per heavy atom. The lowest BCUT2D eigenvalue weighted by Gasteiger charge is -2.36. The molecule has 2 atom stereocenters. The van der Waals surface area contributed by atoms with Gasteiger partial charge in [-0.3, -0.25) is 24.2 Å². The van der Waals surface area contributed by atoms with Gasteiger partial charge in [-0.2, -0.15) is 0 Å². The van der Waals surface area contributed by atoms with E-state index in [-0.39, 0.29) is 42.0 Å². The zero-order valence-corrected chi connectivity index (χ0v) is 40.5. The highest BCUT2D eigenvalue weighted by Crippen LogP contribution is 2.38. The molecule has 0 saturated carbocycles. The zero-order chi connectivity index (χ0) is 47.8. The molecule has 0 aliphatic carbocycles. The van der Waals surface area contributed by atoms with E-state index in [0.717, 1.165) is 101 Å². The van der Waals surface area contributed by atoms with Crippen molar-refractivity contribution in [3.05, 3.63) is 153 Å². The summed E-state index contributed by atoms with van der Waals surface area (Å²) in [6.07, 6.45) is 2.67. The second-order valence-electron chi connectivity index (χ2n) is 18.9. The number of phenolic OH excluding ortho intramolecular Hbond substituents is 1. The van der Waals surface area contributed by atoms with Gasteiger partial charge in [0.15, 0.2) is 0 Å². The van der Waals surface area contributed by atoms with Crippen molar-refractivity contribution in [3.8, 4) is 22.8 Å². The van der Waals surface area contributed by atoms with Crippen LogP contribution in [-0.4, -0.2) is 98.2 Å². The molecule has 5 heterocycles. The van der Waals surface area contributed by atoms with Crippen molar-refractivity contribution in [1.29, 1.82) is 0 Å². The second kappa shape index (κ2) is 19.5. The van der Waals surface area contributed by atoms with Crippen molar-refractivity contribution in [2.45, 2.75) is 85.5 Å². The Hall–Kier alpha value is -6.63. The number of nitrogens with zero attached hydrogens (tertiary/aromatic N) is 6. The molecule has 0 unspecified atom stereocenters. The number of benzene rings is 4. The Morgan fingerprint density at radius 2 is 1.56 bits per heavy atom. The van der Waals surface area contributed by atoms with Crippen LogP contribution in [0.1, 0.15) is 86.4 Å². The number of aromatic hydroxyl groups is 1. The van der Waals surface area contributed by atoms with E-state index in [1.165, 1.54) is 5.56 Å². The highest BCUT2D eigenvalue weighted by molar-refractivity contribution is 6.13. The average molecular weight is 917 g/mol. The average Bonchev–Trinajstić information content (AvgIpc) is 3.80. The molecule has 9 rings (SSSR count). The number of carbonyl (C=O) groups excluding carboxylic acids is 3. The lowest BCUT2D eigenvalue weighted by molar-refractivity contribution is -0.131. The Bertz CT molecular complexity index is 2840. The summed E-state index contributed by atoms with van der Waals surface area (Å²) in [5, 5.41) is 10.2. The first kappa shape index (κ1) is 46.5. The Morgan fingerprint density at radius 3 is 2.28 bits per heavy atom. The molecule has 4 aromatic carbocycles. The van der Waals surface area contributed by atoms with Crippen molar-refractivity contribution in [2.75, 3.05) is 44.3 Å². The molecule has 0 spiro atoms. The SMILES string of the molecule is CCc1cc(N(C(=O)c2cc(-c3cc4c(cc3C(=O)N3Cc5ccccc5C[C@H]3C)CN(C(=O)Cc3ccc(OCCN5CCO[C@@H](C)C5)cc3)CC4)n(C)c2C)c2ccc(O)cc2)c(C)n1C. The van der Waals surface area contributed by atoms with Crippen LogP contribution >= 0.6 is 0 Å². The summed E-state index contributed by atoms with van der Waals surface area (Å²) < 4.78 is 15.8. The zero-order valence-electron chi connectivity index (χ0n) is 40.5. The summed E-state index contributed by atoms with van der Waals surface area (Å²) >= 11 is 0. The summed E-state index contributed by atoms with van der Waals surface area (Å²) in [6.45, 7) is 15.7. The number of aryl methyl sites for hydroxylation is 1. The molecule has 3 aliphatic heterocycles. The monoisotopic (exact) mass is 916 g/mol. The van der Waals surface area contributed by atoms with E-state index in [2.05, 4.69) is 60.6 Å². The standard InChI is InChI=1S/C56H64N6O6/c1-8-45-31-52(39(5)57(45)6)62(46-15-17-47(63)18-16-46)56(66)49-32-53(58(7)38(49)4)50-29-42-21-22-60(34-44(42)30-51(50)55(65)61-35-43-12-10-9-11-41(43)27-36(61)2)54(64)28-40-13-19-48(20-14-40)68-26-24-59-23-25-67-37(3)33-59/h9-20,29-32,36-37,63H,8,21-28,33-35H2,1-7H3/t36-,37+/m1/s1. The predicted molar refractivity (Wildman–Crippen MR) is 266 cm³/mol. The molecular formula is C56H64N6O6. The fraction of sp³-hybridized carbons (Fsp3) is 0.375. The molecular weight excluding hydrogens is 853 g/mol. The van der Waals surface area contributed by atoms with Crippen LogP contribution in [0.5, 0.6) is 11.5 Å². The minimum atomic E-state index is -0.215. The number of aromatic nitrogens is 2. The van der Waals surface area contributed by atoms with Gasteiger partial charge in [-0.25, -0.2) is 0 Å². The van der Waals surface area contributed by atoms with Gasteiger partial charge in [-0.1, -0.05) is 43.3 Å². The molecule has 12 nitrogen and oxygen atoms in total. The first-order valence-electron chi connectivity index (χ1n) is 24.1. The molecule has 0 bridgehead atoms. The third-order valence-corrected chi connectivity index (χ3v) is 14.5. The number of anilines is 2. The van der Waals surface area contributed by atoms with Gasteiger partial charge in [0.25, 0.3) is 11.8 Å². The van der Waals surface area contributed by atoms with Gasteiger partial charge in [0, 0.05) is 99.0 Å². The quantitative estimate of drug-likeness (QED) is 0.131. The van der Waals surface area contributed by atoms with Crippen LogP contribution in [0.2, 0.25) is 0 Å². The number of fused-ring (bicyclic) bond motifs is 2. The van der Waals surface area contributed by atoms with E-state index in [4.69, 9.17) is 9.47 Å². The summed E-state index contributed by atoms with van der Waals surface area (Å²) in [5.74, 6) is 0.629. The highest BCUT2D eigenvalue weighted by Gasteiger charge is 2.34. The first-order chi connectivity index (χ1) is 32.8. The number of hydrogen-bond donors (Lipinski definition) is 1. The third-order valence-electron chi connectivity index (χ3n) is 14.5. The van der Waals surface area contributed by atoms with E-state index >= 15 is 9.59 Å². The molecule has 3 amide bonds. The van der Waals surface area contributed by atoms with Gasteiger partial charge >= 0.3 is 0 Å². The molecule has 2 aromatic heterocycles. The normalized spacial score (nSPS) is 17.2. The van der Waals surface area contributed by atoms with Crippen LogP contribution in [-0.2, 0) is 62.4 Å². The van der Waals surface area contributed by atoms with Gasteiger partial charge in [0.1, 0.15) is 18.1 Å². The molecule has 0 radical (unpaired) electrons. The van der Waals surface area contributed by atoms with Crippen molar-refractivity contribution < 1.29 is 29.0 Å². The number of ether oxygens (including phenoxy) is 2. The smallest absolute Gasteiger partial charge is 0.264 e. The lowest BCUT2D eigenvalue weighted by atomic mass is 9.89.